The number of sulfonamides is 2. The number of anilines is 1. The zero-order valence-corrected chi connectivity index (χ0v) is 22.0. The molecule has 12 nitrogen and oxygen atoms in total. The first kappa shape index (κ1) is 28.5. The summed E-state index contributed by atoms with van der Waals surface area (Å²) in [5.41, 5.74) is 0.967. The minimum absolute atomic E-state index is 0.181. The van der Waals surface area contributed by atoms with E-state index in [1.807, 2.05) is 0 Å². The number of ether oxygens (including phenoxy) is 2. The Morgan fingerprint density at radius 2 is 1.37 bits per heavy atom. The number of nitrogens with zero attached hydrogens (tertiary/aromatic N) is 3. The highest BCUT2D eigenvalue weighted by Gasteiger charge is 2.36. The first-order chi connectivity index (χ1) is 18.0. The number of guanidine groups is 1. The third-order valence-corrected chi connectivity index (χ3v) is 7.74. The molecule has 0 amide bonds. The van der Waals surface area contributed by atoms with Gasteiger partial charge < -0.3 is 14.3 Å². The Morgan fingerprint density at radius 1 is 0.868 bits per heavy atom. The fraction of sp³-hybridized carbons (Fsp3) is 0.227. The monoisotopic (exact) mass is 572 g/mol. The fourth-order valence-corrected chi connectivity index (χ4v) is 5.81. The lowest BCUT2D eigenvalue weighted by Gasteiger charge is -2.15. The predicted molar refractivity (Wildman–Crippen MR) is 131 cm³/mol. The first-order valence-corrected chi connectivity index (χ1v) is 13.6. The van der Waals surface area contributed by atoms with Crippen molar-refractivity contribution >= 4 is 32.0 Å². The van der Waals surface area contributed by atoms with Gasteiger partial charge in [-0.1, -0.05) is 24.3 Å². The molecule has 0 spiro atoms. The molecule has 0 fully saturated rings. The van der Waals surface area contributed by atoms with Crippen molar-refractivity contribution in [1.29, 1.82) is 0 Å². The standard InChI is InChI=1S/C22H23F2N5O7S2/c1-15-12-16(2)26-21(25-15)27-22(28-37(30,31)19-10-6-4-8-17(19)35-13-23)29(34-3)38(32,33)20-11-7-5-9-18(20)36-14-24/h4-12H,13-14H2,1-3H3,(H,25,26,27,28)/p+1. The minimum Gasteiger partial charge on any atom is -0.461 e. The molecule has 0 aliphatic heterocycles. The average Bonchev–Trinajstić information content (AvgIpc) is 2.84. The number of aromatic nitrogens is 2. The van der Waals surface area contributed by atoms with Crippen molar-refractivity contribution in [3.05, 3.63) is 66.0 Å². The van der Waals surface area contributed by atoms with Crippen LogP contribution in [0.2, 0.25) is 0 Å². The third kappa shape index (κ3) is 6.44. The summed E-state index contributed by atoms with van der Waals surface area (Å²) in [7, 11) is -8.46. The Labute approximate surface area is 218 Å². The highest BCUT2D eigenvalue weighted by atomic mass is 32.2. The van der Waals surface area contributed by atoms with E-state index < -0.39 is 49.5 Å². The molecule has 0 atom stereocenters. The van der Waals surface area contributed by atoms with E-state index in [2.05, 4.69) is 20.0 Å². The van der Waals surface area contributed by atoms with Crippen molar-refractivity contribution in [2.75, 3.05) is 26.1 Å². The van der Waals surface area contributed by atoms with Crippen molar-refractivity contribution in [2.45, 2.75) is 23.6 Å². The highest BCUT2D eigenvalue weighted by molar-refractivity contribution is 7.90. The minimum atomic E-state index is -4.77. The van der Waals surface area contributed by atoms with Gasteiger partial charge in [-0.2, -0.15) is 21.6 Å². The summed E-state index contributed by atoms with van der Waals surface area (Å²) in [6, 6.07) is 11.8. The quantitative estimate of drug-likeness (QED) is 0.161. The molecular formula is C22H24F2N5O7S2+. The van der Waals surface area contributed by atoms with Crippen LogP contribution in [0, 0.1) is 13.8 Å². The van der Waals surface area contributed by atoms with E-state index in [4.69, 9.17) is 14.3 Å². The van der Waals surface area contributed by atoms with Gasteiger partial charge >= 0.3 is 26.0 Å². The summed E-state index contributed by atoms with van der Waals surface area (Å²) >= 11 is 0. The number of rotatable bonds is 10. The van der Waals surface area contributed by atoms with Gasteiger partial charge in [0.25, 0.3) is 5.95 Å². The van der Waals surface area contributed by atoms with Gasteiger partial charge in [0.05, 0.1) is 0 Å². The lowest BCUT2D eigenvalue weighted by atomic mass is 10.3. The zero-order valence-electron chi connectivity index (χ0n) is 20.4. The fourth-order valence-electron chi connectivity index (χ4n) is 3.27. The Morgan fingerprint density at radius 3 is 1.89 bits per heavy atom. The van der Waals surface area contributed by atoms with E-state index in [0.29, 0.717) is 11.4 Å². The van der Waals surface area contributed by atoms with Crippen LogP contribution >= 0.6 is 0 Å². The van der Waals surface area contributed by atoms with Crippen molar-refractivity contribution < 1.29 is 44.1 Å². The molecule has 2 aromatic carbocycles. The van der Waals surface area contributed by atoms with Crippen LogP contribution < -0.4 is 19.5 Å². The molecular weight excluding hydrogens is 548 g/mol. The van der Waals surface area contributed by atoms with Crippen LogP contribution in [-0.4, -0.2) is 57.7 Å². The van der Waals surface area contributed by atoms with Crippen LogP contribution in [0.4, 0.5) is 14.7 Å². The number of aryl methyl sites for hydroxylation is 2. The lowest BCUT2D eigenvalue weighted by molar-refractivity contribution is -0.667. The summed E-state index contributed by atoms with van der Waals surface area (Å²) in [5, 5.41) is 2.51. The molecule has 0 bridgehead atoms. The molecule has 0 radical (unpaired) electrons. The van der Waals surface area contributed by atoms with Gasteiger partial charge in [-0.25, -0.2) is 24.1 Å². The number of alkyl halides is 2. The van der Waals surface area contributed by atoms with Crippen molar-refractivity contribution in [3.63, 3.8) is 0 Å². The van der Waals surface area contributed by atoms with E-state index >= 15 is 0 Å². The van der Waals surface area contributed by atoms with E-state index in [1.54, 1.807) is 19.9 Å². The number of nitrogens with one attached hydrogen (secondary N) is 2. The maximum atomic E-state index is 13.6. The topological polar surface area (TPSA) is 149 Å². The molecule has 0 saturated carbocycles. The van der Waals surface area contributed by atoms with Crippen LogP contribution in [0.5, 0.6) is 11.5 Å². The van der Waals surface area contributed by atoms with Crippen LogP contribution in [0.25, 0.3) is 0 Å². The van der Waals surface area contributed by atoms with Crippen molar-refractivity contribution in [3.8, 4) is 11.5 Å². The lowest BCUT2D eigenvalue weighted by Crippen LogP contribution is -2.45. The van der Waals surface area contributed by atoms with E-state index in [-0.39, 0.29) is 21.6 Å². The van der Waals surface area contributed by atoms with Crippen LogP contribution in [0.3, 0.4) is 0 Å². The normalized spacial score (nSPS) is 12.3. The summed E-state index contributed by atoms with van der Waals surface area (Å²) in [5.74, 6) is -1.66. The number of hydrogen-bond donors (Lipinski definition) is 2. The molecule has 0 aliphatic rings. The molecule has 204 valence electrons. The smallest absolute Gasteiger partial charge is 0.421 e. The van der Waals surface area contributed by atoms with Crippen LogP contribution in [0.1, 0.15) is 11.4 Å². The van der Waals surface area contributed by atoms with Gasteiger partial charge in [-0.15, -0.1) is 0 Å². The number of hydrogen-bond acceptors (Lipinski definition) is 9. The van der Waals surface area contributed by atoms with Crippen molar-refractivity contribution in [1.82, 2.24) is 14.7 Å². The first-order valence-electron chi connectivity index (χ1n) is 10.7. The van der Waals surface area contributed by atoms with Crippen LogP contribution in [-0.2, 0) is 24.9 Å². The average molecular weight is 573 g/mol. The van der Waals surface area contributed by atoms with Crippen molar-refractivity contribution in [2.24, 2.45) is 0 Å². The molecule has 2 N–H and O–H groups in total. The van der Waals surface area contributed by atoms with E-state index in [1.165, 1.54) is 36.4 Å². The maximum Gasteiger partial charge on any atom is 0.421 e. The number of para-hydroxylation sites is 2. The van der Waals surface area contributed by atoms with Gasteiger partial charge in [0, 0.05) is 15.5 Å². The molecule has 0 unspecified atom stereocenters. The summed E-state index contributed by atoms with van der Waals surface area (Å²) in [6.45, 7) is 0.637. The van der Waals surface area contributed by atoms with Gasteiger partial charge in [0.1, 0.15) is 28.4 Å². The maximum absolute atomic E-state index is 13.6. The van der Waals surface area contributed by atoms with Crippen LogP contribution in [0.15, 0.2) is 64.4 Å². The molecule has 0 aliphatic carbocycles. The summed E-state index contributed by atoms with van der Waals surface area (Å²) < 4.78 is 91.6. The largest absolute Gasteiger partial charge is 0.461 e. The second-order valence-corrected chi connectivity index (χ2v) is 10.7. The summed E-state index contributed by atoms with van der Waals surface area (Å²) in [6.07, 6.45) is 0. The molecule has 3 aromatic rings. The Hall–Kier alpha value is -4.05. The molecule has 1 heterocycles. The molecule has 38 heavy (non-hydrogen) atoms. The molecule has 1 aromatic heterocycles. The van der Waals surface area contributed by atoms with Gasteiger partial charge in [-0.3, -0.25) is 0 Å². The Bertz CT molecular complexity index is 1530. The third-order valence-electron chi connectivity index (χ3n) is 4.70. The molecule has 3 rings (SSSR count). The van der Waals surface area contributed by atoms with Gasteiger partial charge in [0.15, 0.2) is 0 Å². The zero-order chi connectivity index (χ0) is 27.9. The Balaban J connectivity index is 2.24. The summed E-state index contributed by atoms with van der Waals surface area (Å²) in [4.78, 5) is 12.3. The van der Waals surface area contributed by atoms with E-state index in [9.17, 15) is 25.6 Å². The van der Waals surface area contributed by atoms with Gasteiger partial charge in [0.2, 0.25) is 13.7 Å². The Kier molecular flexibility index (Phi) is 9.00. The second kappa shape index (κ2) is 12.0. The van der Waals surface area contributed by atoms with Gasteiger partial charge in [-0.05, 0) is 44.2 Å². The van der Waals surface area contributed by atoms with E-state index in [0.717, 1.165) is 19.2 Å². The molecule has 16 heteroatoms. The predicted octanol–water partition coefficient (Wildman–Crippen LogP) is 2.41. The second-order valence-electron chi connectivity index (χ2n) is 7.37. The number of halogens is 2. The highest BCUT2D eigenvalue weighted by Crippen LogP contribution is 2.26. The number of benzene rings is 2. The molecule has 0 saturated heterocycles. The SMILES string of the molecule is CO[N+](=C(Nc1nc(C)cc(C)n1)NS(=O)(=O)c1ccccc1OCF)S(=O)(=O)c1ccccc1OCF.